The van der Waals surface area contributed by atoms with Crippen molar-refractivity contribution >= 4 is 12.0 Å². The Bertz CT molecular complexity index is 252. The number of nitrogens with zero attached hydrogens (tertiary/aromatic N) is 1. The largest absolute Gasteiger partial charge is 0.481 e. The summed E-state index contributed by atoms with van der Waals surface area (Å²) in [5, 5.41) is 11.4. The van der Waals surface area contributed by atoms with Crippen LogP contribution in [-0.2, 0) is 4.79 Å². The van der Waals surface area contributed by atoms with Crippen molar-refractivity contribution in [2.75, 3.05) is 13.6 Å². The Balaban J connectivity index is 4.04. The number of carbonyl (C=O) groups excluding carboxylic acids is 1. The van der Waals surface area contributed by atoms with Crippen LogP contribution in [0, 0.1) is 5.92 Å². The molecule has 2 N–H and O–H groups in total. The number of carboxylic acids is 1. The molecule has 2 amide bonds. The van der Waals surface area contributed by atoms with E-state index in [0.29, 0.717) is 6.54 Å². The molecule has 0 heterocycles. The van der Waals surface area contributed by atoms with Crippen LogP contribution in [0.4, 0.5) is 4.79 Å². The number of carbonyl (C=O) groups is 2. The fourth-order valence-electron chi connectivity index (χ4n) is 1.76. The Hall–Kier alpha value is -1.26. The third-order valence-corrected chi connectivity index (χ3v) is 2.94. The van der Waals surface area contributed by atoms with E-state index in [1.54, 1.807) is 11.9 Å². The third-order valence-electron chi connectivity index (χ3n) is 2.94. The molecule has 5 nitrogen and oxygen atoms in total. The number of hydrogen-bond acceptors (Lipinski definition) is 2. The van der Waals surface area contributed by atoms with Gasteiger partial charge >= 0.3 is 12.0 Å². The normalized spacial score (nSPS) is 12.3. The lowest BCUT2D eigenvalue weighted by molar-refractivity contribution is -0.137. The molecule has 0 aliphatic rings. The second kappa shape index (κ2) is 7.92. The number of rotatable bonds is 7. The summed E-state index contributed by atoms with van der Waals surface area (Å²) in [5.41, 5.74) is 0. The standard InChI is InChI=1S/C12H24N2O3/c1-5-10(6-2)14(4)12(17)13-8-9(3)7-11(15)16/h9-10H,5-8H2,1-4H3,(H,13,17)(H,15,16). The summed E-state index contributed by atoms with van der Waals surface area (Å²) in [6.45, 7) is 6.30. The molecular weight excluding hydrogens is 220 g/mol. The van der Waals surface area contributed by atoms with Crippen LogP contribution >= 0.6 is 0 Å². The van der Waals surface area contributed by atoms with E-state index in [4.69, 9.17) is 5.11 Å². The molecule has 1 atom stereocenters. The van der Waals surface area contributed by atoms with E-state index in [1.165, 1.54) is 0 Å². The highest BCUT2D eigenvalue weighted by atomic mass is 16.4. The van der Waals surface area contributed by atoms with E-state index in [9.17, 15) is 9.59 Å². The van der Waals surface area contributed by atoms with Crippen LogP contribution in [0.15, 0.2) is 0 Å². The molecule has 0 rings (SSSR count). The van der Waals surface area contributed by atoms with Crippen LogP contribution in [0.3, 0.4) is 0 Å². The Morgan fingerprint density at radius 1 is 1.29 bits per heavy atom. The molecule has 0 aliphatic carbocycles. The zero-order valence-electron chi connectivity index (χ0n) is 11.2. The first-order valence-electron chi connectivity index (χ1n) is 6.14. The SMILES string of the molecule is CCC(CC)N(C)C(=O)NCC(C)CC(=O)O. The zero-order valence-corrected chi connectivity index (χ0v) is 11.2. The van der Waals surface area contributed by atoms with E-state index < -0.39 is 5.97 Å². The van der Waals surface area contributed by atoms with Gasteiger partial charge in [0.05, 0.1) is 0 Å². The van der Waals surface area contributed by atoms with E-state index >= 15 is 0 Å². The molecule has 0 saturated heterocycles. The summed E-state index contributed by atoms with van der Waals surface area (Å²) in [6, 6.07) is 0.112. The molecule has 0 saturated carbocycles. The summed E-state index contributed by atoms with van der Waals surface area (Å²) in [5.74, 6) is -0.883. The van der Waals surface area contributed by atoms with Crippen LogP contribution < -0.4 is 5.32 Å². The zero-order chi connectivity index (χ0) is 13.4. The predicted molar refractivity (Wildman–Crippen MR) is 66.9 cm³/mol. The van der Waals surface area contributed by atoms with Gasteiger partial charge in [-0.25, -0.2) is 4.79 Å². The van der Waals surface area contributed by atoms with Crippen molar-refractivity contribution in [3.8, 4) is 0 Å². The van der Waals surface area contributed by atoms with Crippen molar-refractivity contribution in [3.05, 3.63) is 0 Å². The summed E-state index contributed by atoms with van der Waals surface area (Å²) in [4.78, 5) is 23.9. The molecule has 0 radical (unpaired) electrons. The van der Waals surface area contributed by atoms with Gasteiger partial charge in [0.25, 0.3) is 0 Å². The molecule has 0 aromatic rings. The van der Waals surface area contributed by atoms with E-state index in [-0.39, 0.29) is 24.4 Å². The van der Waals surface area contributed by atoms with Gasteiger partial charge in [-0.1, -0.05) is 20.8 Å². The van der Waals surface area contributed by atoms with Crippen LogP contribution in [0.1, 0.15) is 40.0 Å². The van der Waals surface area contributed by atoms with Gasteiger partial charge in [-0.05, 0) is 18.8 Å². The van der Waals surface area contributed by atoms with Crippen LogP contribution in [-0.4, -0.2) is 41.6 Å². The van der Waals surface area contributed by atoms with Crippen LogP contribution in [0.25, 0.3) is 0 Å². The fourth-order valence-corrected chi connectivity index (χ4v) is 1.76. The molecule has 0 aliphatic heterocycles. The van der Waals surface area contributed by atoms with Gasteiger partial charge in [0.2, 0.25) is 0 Å². The Labute approximate surface area is 103 Å². The average molecular weight is 244 g/mol. The highest BCUT2D eigenvalue weighted by Gasteiger charge is 2.17. The third kappa shape index (κ3) is 6.14. The number of hydrogen-bond donors (Lipinski definition) is 2. The molecule has 0 aromatic carbocycles. The molecule has 0 bridgehead atoms. The van der Waals surface area contributed by atoms with Gasteiger partial charge < -0.3 is 15.3 Å². The van der Waals surface area contributed by atoms with Crippen molar-refractivity contribution < 1.29 is 14.7 Å². The minimum Gasteiger partial charge on any atom is -0.481 e. The van der Waals surface area contributed by atoms with Crippen molar-refractivity contribution in [2.24, 2.45) is 5.92 Å². The van der Waals surface area contributed by atoms with E-state index in [0.717, 1.165) is 12.8 Å². The van der Waals surface area contributed by atoms with E-state index in [1.807, 2.05) is 20.8 Å². The fraction of sp³-hybridized carbons (Fsp3) is 0.833. The lowest BCUT2D eigenvalue weighted by Gasteiger charge is -2.27. The quantitative estimate of drug-likeness (QED) is 0.719. The monoisotopic (exact) mass is 244 g/mol. The van der Waals surface area contributed by atoms with Crippen molar-refractivity contribution in [1.29, 1.82) is 0 Å². The summed E-state index contributed by atoms with van der Waals surface area (Å²) < 4.78 is 0. The van der Waals surface area contributed by atoms with Crippen molar-refractivity contribution in [3.63, 3.8) is 0 Å². The number of amides is 2. The summed E-state index contributed by atoms with van der Waals surface area (Å²) in [6.07, 6.45) is 1.92. The molecule has 17 heavy (non-hydrogen) atoms. The van der Waals surface area contributed by atoms with Gasteiger partial charge in [-0.2, -0.15) is 0 Å². The molecule has 100 valence electrons. The highest BCUT2D eigenvalue weighted by molar-refractivity contribution is 5.74. The maximum Gasteiger partial charge on any atom is 0.317 e. The van der Waals surface area contributed by atoms with Gasteiger partial charge in [0.1, 0.15) is 0 Å². The second-order valence-electron chi connectivity index (χ2n) is 4.47. The Morgan fingerprint density at radius 3 is 2.24 bits per heavy atom. The smallest absolute Gasteiger partial charge is 0.317 e. The van der Waals surface area contributed by atoms with E-state index in [2.05, 4.69) is 5.32 Å². The van der Waals surface area contributed by atoms with Crippen LogP contribution in [0.2, 0.25) is 0 Å². The molecule has 0 aromatic heterocycles. The first-order chi connectivity index (χ1) is 7.92. The molecule has 0 fully saturated rings. The molecule has 5 heteroatoms. The molecular formula is C12H24N2O3. The van der Waals surface area contributed by atoms with Crippen molar-refractivity contribution in [2.45, 2.75) is 46.1 Å². The molecule has 0 spiro atoms. The Morgan fingerprint density at radius 2 is 1.82 bits per heavy atom. The number of carboxylic acid groups (broad SMARTS) is 1. The first-order valence-corrected chi connectivity index (χ1v) is 6.14. The number of aliphatic carboxylic acids is 1. The lowest BCUT2D eigenvalue weighted by Crippen LogP contribution is -2.44. The molecule has 1 unspecified atom stereocenters. The summed E-state index contributed by atoms with van der Waals surface area (Å²) >= 11 is 0. The average Bonchev–Trinajstić information content (AvgIpc) is 2.26. The van der Waals surface area contributed by atoms with Gasteiger partial charge in [-0.3, -0.25) is 4.79 Å². The van der Waals surface area contributed by atoms with Gasteiger partial charge in [0, 0.05) is 26.1 Å². The maximum atomic E-state index is 11.8. The predicted octanol–water partition coefficient (Wildman–Crippen LogP) is 1.93. The minimum atomic E-state index is -0.833. The lowest BCUT2D eigenvalue weighted by atomic mass is 10.1. The Kier molecular flexibility index (Phi) is 7.34. The van der Waals surface area contributed by atoms with Crippen molar-refractivity contribution in [1.82, 2.24) is 10.2 Å². The first kappa shape index (κ1) is 15.7. The second-order valence-corrected chi connectivity index (χ2v) is 4.47. The summed E-state index contributed by atoms with van der Waals surface area (Å²) in [7, 11) is 1.77. The van der Waals surface area contributed by atoms with Gasteiger partial charge in [0.15, 0.2) is 0 Å². The highest BCUT2D eigenvalue weighted by Crippen LogP contribution is 2.06. The number of urea groups is 1. The maximum absolute atomic E-state index is 11.8. The topological polar surface area (TPSA) is 69.6 Å². The number of nitrogens with one attached hydrogen (secondary N) is 1. The van der Waals surface area contributed by atoms with Gasteiger partial charge in [-0.15, -0.1) is 0 Å². The minimum absolute atomic E-state index is 0.0495. The van der Waals surface area contributed by atoms with Crippen LogP contribution in [0.5, 0.6) is 0 Å².